The van der Waals surface area contributed by atoms with E-state index in [0.29, 0.717) is 6.04 Å². The van der Waals surface area contributed by atoms with Crippen molar-refractivity contribution in [3.8, 4) is 5.75 Å². The molecule has 3 heteroatoms. The quantitative estimate of drug-likeness (QED) is 0.879. The summed E-state index contributed by atoms with van der Waals surface area (Å²) in [6, 6.07) is 6.59. The van der Waals surface area contributed by atoms with Crippen molar-refractivity contribution in [2.45, 2.75) is 89.7 Å². The Labute approximate surface area is 146 Å². The third kappa shape index (κ3) is 4.52. The van der Waals surface area contributed by atoms with E-state index >= 15 is 0 Å². The van der Waals surface area contributed by atoms with Crippen molar-refractivity contribution in [2.24, 2.45) is 0 Å². The van der Waals surface area contributed by atoms with E-state index < -0.39 is 6.10 Å². The number of ether oxygens (including phenoxy) is 1. The Morgan fingerprint density at radius 2 is 1.75 bits per heavy atom. The molecule has 0 bridgehead atoms. The van der Waals surface area contributed by atoms with Gasteiger partial charge >= 0.3 is 0 Å². The van der Waals surface area contributed by atoms with Gasteiger partial charge in [-0.3, -0.25) is 4.79 Å². The molecular formula is C21H31NO2. The Balaban J connectivity index is 1.58. The van der Waals surface area contributed by atoms with Crippen molar-refractivity contribution in [2.75, 3.05) is 0 Å². The number of hydrogen-bond donors (Lipinski definition) is 1. The van der Waals surface area contributed by atoms with Gasteiger partial charge in [-0.05, 0) is 62.6 Å². The smallest absolute Gasteiger partial charge is 0.260 e. The first kappa shape index (κ1) is 17.3. The number of carbonyl (C=O) groups is 1. The molecular weight excluding hydrogens is 298 g/mol. The van der Waals surface area contributed by atoms with Crippen LogP contribution in [0.15, 0.2) is 18.2 Å². The van der Waals surface area contributed by atoms with Crippen LogP contribution in [0.25, 0.3) is 0 Å². The lowest BCUT2D eigenvalue weighted by Crippen LogP contribution is -2.42. The van der Waals surface area contributed by atoms with E-state index in [9.17, 15) is 4.79 Å². The van der Waals surface area contributed by atoms with Crippen molar-refractivity contribution in [3.63, 3.8) is 0 Å². The van der Waals surface area contributed by atoms with Gasteiger partial charge in [0.15, 0.2) is 6.10 Å². The summed E-state index contributed by atoms with van der Waals surface area (Å²) in [5.41, 5.74) is 2.71. The number of amides is 1. The van der Waals surface area contributed by atoms with Crippen molar-refractivity contribution in [1.82, 2.24) is 5.32 Å². The molecule has 1 saturated carbocycles. The Bertz CT molecular complexity index is 547. The second-order valence-corrected chi connectivity index (χ2v) is 7.41. The highest BCUT2D eigenvalue weighted by Crippen LogP contribution is 2.30. The molecule has 1 amide bonds. The summed E-state index contributed by atoms with van der Waals surface area (Å²) in [4.78, 5) is 12.5. The van der Waals surface area contributed by atoms with Crippen LogP contribution < -0.4 is 10.1 Å². The van der Waals surface area contributed by atoms with Gasteiger partial charge in [0.25, 0.3) is 5.91 Å². The first-order chi connectivity index (χ1) is 11.7. The van der Waals surface area contributed by atoms with E-state index in [0.717, 1.165) is 31.4 Å². The fourth-order valence-electron chi connectivity index (χ4n) is 4.02. The summed E-state index contributed by atoms with van der Waals surface area (Å²) in [5.74, 6) is 0.946. The summed E-state index contributed by atoms with van der Waals surface area (Å²) < 4.78 is 6.06. The molecule has 0 aliphatic heterocycles. The number of nitrogens with one attached hydrogen (secondary N) is 1. The molecule has 1 N–H and O–H groups in total. The molecule has 1 aromatic carbocycles. The van der Waals surface area contributed by atoms with Gasteiger partial charge in [0.2, 0.25) is 0 Å². The molecule has 0 aromatic heterocycles. The maximum absolute atomic E-state index is 12.5. The molecule has 0 unspecified atom stereocenters. The molecule has 3 rings (SSSR count). The van der Waals surface area contributed by atoms with E-state index in [1.54, 1.807) is 0 Å². The summed E-state index contributed by atoms with van der Waals surface area (Å²) in [6.07, 6.45) is 12.9. The lowest BCUT2D eigenvalue weighted by molar-refractivity contribution is -0.128. The predicted octanol–water partition coefficient (Wildman–Crippen LogP) is 4.56. The average molecular weight is 329 g/mol. The minimum absolute atomic E-state index is 0.0361. The predicted molar refractivity (Wildman–Crippen MR) is 97.4 cm³/mol. The van der Waals surface area contributed by atoms with Crippen molar-refractivity contribution in [1.29, 1.82) is 0 Å². The Kier molecular flexibility index (Phi) is 6.17. The number of aryl methyl sites for hydroxylation is 1. The molecule has 0 spiro atoms. The van der Waals surface area contributed by atoms with Crippen LogP contribution in [0.4, 0.5) is 0 Å². The fraction of sp³-hybridized carbons (Fsp3) is 0.667. The second kappa shape index (κ2) is 8.55. The summed E-state index contributed by atoms with van der Waals surface area (Å²) in [7, 11) is 0. The van der Waals surface area contributed by atoms with Crippen molar-refractivity contribution >= 4 is 5.91 Å². The minimum atomic E-state index is -0.427. The Morgan fingerprint density at radius 3 is 2.54 bits per heavy atom. The van der Waals surface area contributed by atoms with Gasteiger partial charge in [-0.15, -0.1) is 0 Å². The van der Waals surface area contributed by atoms with Crippen LogP contribution in [0.3, 0.4) is 0 Å². The van der Waals surface area contributed by atoms with Crippen LogP contribution in [0.1, 0.15) is 75.8 Å². The van der Waals surface area contributed by atoms with Crippen LogP contribution in [0.2, 0.25) is 0 Å². The number of rotatable bonds is 4. The highest BCUT2D eigenvalue weighted by Gasteiger charge is 2.22. The largest absolute Gasteiger partial charge is 0.481 e. The topological polar surface area (TPSA) is 38.3 Å². The number of benzene rings is 1. The SMILES string of the molecule is C[C@@H](Oc1cccc2c1CCCC2)C(=O)NC1CCCCCCC1. The molecule has 1 atom stereocenters. The van der Waals surface area contributed by atoms with Gasteiger partial charge in [0.05, 0.1) is 0 Å². The Morgan fingerprint density at radius 1 is 1.04 bits per heavy atom. The standard InChI is InChI=1S/C21H31NO2/c1-16(21(23)22-18-12-5-3-2-4-6-13-18)24-20-15-9-11-17-10-7-8-14-19(17)20/h9,11,15-16,18H,2-8,10,12-14H2,1H3,(H,22,23)/t16-/m1/s1. The third-order valence-electron chi connectivity index (χ3n) is 5.48. The molecule has 3 nitrogen and oxygen atoms in total. The zero-order valence-electron chi connectivity index (χ0n) is 15.0. The van der Waals surface area contributed by atoms with Gasteiger partial charge in [-0.2, -0.15) is 0 Å². The van der Waals surface area contributed by atoms with Crippen LogP contribution in [-0.2, 0) is 17.6 Å². The van der Waals surface area contributed by atoms with E-state index in [4.69, 9.17) is 4.74 Å². The molecule has 0 radical (unpaired) electrons. The Hall–Kier alpha value is -1.51. The number of carbonyl (C=O) groups excluding carboxylic acids is 1. The van der Waals surface area contributed by atoms with Gasteiger partial charge < -0.3 is 10.1 Å². The van der Waals surface area contributed by atoms with Crippen LogP contribution in [-0.4, -0.2) is 18.1 Å². The molecule has 0 heterocycles. The van der Waals surface area contributed by atoms with Crippen molar-refractivity contribution in [3.05, 3.63) is 29.3 Å². The first-order valence-corrected chi connectivity index (χ1v) is 9.82. The summed E-state index contributed by atoms with van der Waals surface area (Å²) in [6.45, 7) is 1.88. The minimum Gasteiger partial charge on any atom is -0.481 e. The third-order valence-corrected chi connectivity index (χ3v) is 5.48. The summed E-state index contributed by atoms with van der Waals surface area (Å²) in [5, 5.41) is 3.22. The van der Waals surface area contributed by atoms with E-state index in [1.807, 2.05) is 13.0 Å². The molecule has 0 saturated heterocycles. The lowest BCUT2D eigenvalue weighted by Gasteiger charge is -2.25. The highest BCUT2D eigenvalue weighted by molar-refractivity contribution is 5.81. The van der Waals surface area contributed by atoms with Crippen LogP contribution in [0, 0.1) is 0 Å². The average Bonchev–Trinajstić information content (AvgIpc) is 2.57. The van der Waals surface area contributed by atoms with Gasteiger partial charge in [-0.25, -0.2) is 0 Å². The highest BCUT2D eigenvalue weighted by atomic mass is 16.5. The maximum Gasteiger partial charge on any atom is 0.260 e. The van der Waals surface area contributed by atoms with Gasteiger partial charge in [-0.1, -0.05) is 44.2 Å². The molecule has 132 valence electrons. The molecule has 24 heavy (non-hydrogen) atoms. The zero-order chi connectivity index (χ0) is 16.8. The second-order valence-electron chi connectivity index (χ2n) is 7.41. The molecule has 2 aliphatic rings. The van der Waals surface area contributed by atoms with E-state index in [-0.39, 0.29) is 5.91 Å². The molecule has 1 fully saturated rings. The lowest BCUT2D eigenvalue weighted by atomic mass is 9.91. The first-order valence-electron chi connectivity index (χ1n) is 9.82. The summed E-state index contributed by atoms with van der Waals surface area (Å²) >= 11 is 0. The normalized spacial score (nSPS) is 20.4. The van der Waals surface area contributed by atoms with Crippen molar-refractivity contribution < 1.29 is 9.53 Å². The molecule has 1 aromatic rings. The van der Waals surface area contributed by atoms with E-state index in [1.165, 1.54) is 56.1 Å². The van der Waals surface area contributed by atoms with Gasteiger partial charge in [0, 0.05) is 6.04 Å². The maximum atomic E-state index is 12.5. The number of hydrogen-bond acceptors (Lipinski definition) is 2. The zero-order valence-corrected chi connectivity index (χ0v) is 15.0. The molecule has 2 aliphatic carbocycles. The monoisotopic (exact) mass is 329 g/mol. The number of fused-ring (bicyclic) bond motifs is 1. The van der Waals surface area contributed by atoms with Gasteiger partial charge in [0.1, 0.15) is 5.75 Å². The van der Waals surface area contributed by atoms with Crippen LogP contribution in [0.5, 0.6) is 5.75 Å². The fourth-order valence-corrected chi connectivity index (χ4v) is 4.02. The van der Waals surface area contributed by atoms with E-state index in [2.05, 4.69) is 17.4 Å². The van der Waals surface area contributed by atoms with Crippen LogP contribution >= 0.6 is 0 Å².